The average molecular weight is 249 g/mol. The van der Waals surface area contributed by atoms with Gasteiger partial charge in [-0.2, -0.15) is 5.26 Å². The molecule has 92 valence electrons. The molecule has 0 radical (unpaired) electrons. The van der Waals surface area contributed by atoms with Crippen molar-refractivity contribution in [3.05, 3.63) is 10.9 Å². The lowest BCUT2D eigenvalue weighted by atomic mass is 9.87. The van der Waals surface area contributed by atoms with Gasteiger partial charge in [0.2, 0.25) is 0 Å². The van der Waals surface area contributed by atoms with Gasteiger partial charge in [0.15, 0.2) is 0 Å². The highest BCUT2D eigenvalue weighted by Crippen LogP contribution is 2.35. The summed E-state index contributed by atoms with van der Waals surface area (Å²) in [5.41, 5.74) is 6.42. The fourth-order valence-electron chi connectivity index (χ4n) is 2.42. The smallest absolute Gasteiger partial charge is 0.129 e. The molecule has 0 amide bonds. The predicted molar refractivity (Wildman–Crippen MR) is 73.2 cm³/mol. The van der Waals surface area contributed by atoms with E-state index in [0.717, 1.165) is 29.9 Å². The minimum Gasteiger partial charge on any atom is -0.397 e. The van der Waals surface area contributed by atoms with E-state index in [0.29, 0.717) is 10.6 Å². The summed E-state index contributed by atoms with van der Waals surface area (Å²) >= 11 is 1.52. The maximum absolute atomic E-state index is 8.91. The van der Waals surface area contributed by atoms with Crippen LogP contribution in [0, 0.1) is 23.2 Å². The zero-order valence-electron chi connectivity index (χ0n) is 10.4. The van der Waals surface area contributed by atoms with Crippen molar-refractivity contribution in [2.75, 3.05) is 23.7 Å². The molecular weight excluding hydrogens is 230 g/mol. The van der Waals surface area contributed by atoms with Gasteiger partial charge in [-0.3, -0.25) is 0 Å². The molecule has 3 nitrogen and oxygen atoms in total. The maximum Gasteiger partial charge on any atom is 0.129 e. The highest BCUT2D eigenvalue weighted by atomic mass is 32.1. The summed E-state index contributed by atoms with van der Waals surface area (Å²) in [6.45, 7) is 6.79. The van der Waals surface area contributed by atoms with E-state index in [-0.39, 0.29) is 0 Å². The molecule has 2 heterocycles. The van der Waals surface area contributed by atoms with Gasteiger partial charge < -0.3 is 10.6 Å². The minimum atomic E-state index is 0.624. The van der Waals surface area contributed by atoms with Crippen molar-refractivity contribution >= 4 is 22.0 Å². The van der Waals surface area contributed by atoms with E-state index in [2.05, 4.69) is 24.8 Å². The SMILES string of the molecule is CC(C)C1CCN(c2cc(N)c(C#N)s2)CC1. The topological polar surface area (TPSA) is 53.0 Å². The van der Waals surface area contributed by atoms with Crippen LogP contribution in [0.2, 0.25) is 0 Å². The van der Waals surface area contributed by atoms with Gasteiger partial charge in [0.1, 0.15) is 10.9 Å². The Labute approximate surface area is 107 Å². The number of hydrogen-bond donors (Lipinski definition) is 1. The monoisotopic (exact) mass is 249 g/mol. The van der Waals surface area contributed by atoms with Gasteiger partial charge in [0.25, 0.3) is 0 Å². The summed E-state index contributed by atoms with van der Waals surface area (Å²) in [6, 6.07) is 4.09. The van der Waals surface area contributed by atoms with E-state index in [1.54, 1.807) is 0 Å². The van der Waals surface area contributed by atoms with Crippen LogP contribution >= 0.6 is 11.3 Å². The predicted octanol–water partition coefficient (Wildman–Crippen LogP) is 3.07. The Morgan fingerprint density at radius 1 is 1.47 bits per heavy atom. The normalized spacial score (nSPS) is 17.4. The van der Waals surface area contributed by atoms with Crippen LogP contribution in [0.15, 0.2) is 6.07 Å². The Bertz CT molecular complexity index is 422. The van der Waals surface area contributed by atoms with Crippen LogP contribution in [0.5, 0.6) is 0 Å². The number of nitrogens with zero attached hydrogens (tertiary/aromatic N) is 2. The third-order valence-corrected chi connectivity index (χ3v) is 4.76. The molecule has 2 N–H and O–H groups in total. The average Bonchev–Trinajstić information content (AvgIpc) is 2.70. The number of hydrogen-bond acceptors (Lipinski definition) is 4. The molecule has 2 rings (SSSR count). The Kier molecular flexibility index (Phi) is 3.58. The molecule has 0 atom stereocenters. The summed E-state index contributed by atoms with van der Waals surface area (Å²) in [7, 11) is 0. The number of nitriles is 1. The molecule has 1 aromatic rings. The number of rotatable bonds is 2. The van der Waals surface area contributed by atoms with Crippen LogP contribution in [0.3, 0.4) is 0 Å². The Balaban J connectivity index is 2.03. The van der Waals surface area contributed by atoms with Gasteiger partial charge in [-0.25, -0.2) is 0 Å². The highest BCUT2D eigenvalue weighted by Gasteiger charge is 2.23. The third-order valence-electron chi connectivity index (χ3n) is 3.64. The molecule has 17 heavy (non-hydrogen) atoms. The van der Waals surface area contributed by atoms with Gasteiger partial charge >= 0.3 is 0 Å². The molecule has 1 saturated heterocycles. The summed E-state index contributed by atoms with van der Waals surface area (Å²) in [6.07, 6.45) is 2.49. The van der Waals surface area contributed by atoms with E-state index in [1.165, 1.54) is 24.2 Å². The first-order chi connectivity index (χ1) is 8.11. The van der Waals surface area contributed by atoms with Crippen LogP contribution in [0.4, 0.5) is 10.7 Å². The first kappa shape index (κ1) is 12.3. The van der Waals surface area contributed by atoms with E-state index < -0.39 is 0 Å². The van der Waals surface area contributed by atoms with Crippen molar-refractivity contribution in [3.63, 3.8) is 0 Å². The highest BCUT2D eigenvalue weighted by molar-refractivity contribution is 7.17. The van der Waals surface area contributed by atoms with E-state index in [1.807, 2.05) is 6.07 Å². The quantitative estimate of drug-likeness (QED) is 0.876. The van der Waals surface area contributed by atoms with Gasteiger partial charge in [0, 0.05) is 13.1 Å². The lowest BCUT2D eigenvalue weighted by Gasteiger charge is -2.34. The molecule has 0 aromatic carbocycles. The van der Waals surface area contributed by atoms with Crippen molar-refractivity contribution in [1.82, 2.24) is 0 Å². The van der Waals surface area contributed by atoms with Gasteiger partial charge in [-0.1, -0.05) is 13.8 Å². The molecule has 1 aliphatic rings. The van der Waals surface area contributed by atoms with Gasteiger partial charge in [0.05, 0.1) is 10.7 Å². The third kappa shape index (κ3) is 2.55. The Morgan fingerprint density at radius 2 is 2.12 bits per heavy atom. The second-order valence-corrected chi connectivity index (χ2v) is 6.08. The van der Waals surface area contributed by atoms with Crippen LogP contribution < -0.4 is 10.6 Å². The number of thiophene rings is 1. The first-order valence-corrected chi connectivity index (χ1v) is 6.97. The standard InChI is InChI=1S/C13H19N3S/c1-9(2)10-3-5-16(6-4-10)13-7-11(15)12(8-14)17-13/h7,9-10H,3-6,15H2,1-2H3. The van der Waals surface area contributed by atoms with Gasteiger partial charge in [-0.15, -0.1) is 11.3 Å². The molecule has 0 unspecified atom stereocenters. The number of nitrogens with two attached hydrogens (primary N) is 1. The minimum absolute atomic E-state index is 0.624. The summed E-state index contributed by atoms with van der Waals surface area (Å²) < 4.78 is 0. The number of piperidine rings is 1. The van der Waals surface area contributed by atoms with E-state index >= 15 is 0 Å². The second-order valence-electron chi connectivity index (χ2n) is 5.05. The fourth-order valence-corrected chi connectivity index (χ4v) is 3.35. The Hall–Kier alpha value is -1.21. The van der Waals surface area contributed by atoms with Crippen molar-refractivity contribution < 1.29 is 0 Å². The second kappa shape index (κ2) is 4.97. The lowest BCUT2D eigenvalue weighted by molar-refractivity contribution is 0.312. The molecular formula is C13H19N3S. The summed E-state index contributed by atoms with van der Waals surface area (Å²) in [4.78, 5) is 3.01. The molecule has 1 aliphatic heterocycles. The zero-order chi connectivity index (χ0) is 12.4. The molecule has 0 spiro atoms. The van der Waals surface area contributed by atoms with Crippen LogP contribution in [0.1, 0.15) is 31.6 Å². The molecule has 0 bridgehead atoms. The Morgan fingerprint density at radius 3 is 2.59 bits per heavy atom. The molecule has 1 aromatic heterocycles. The fraction of sp³-hybridized carbons (Fsp3) is 0.615. The van der Waals surface area contributed by atoms with Crippen LogP contribution in [-0.2, 0) is 0 Å². The van der Waals surface area contributed by atoms with E-state index in [9.17, 15) is 0 Å². The van der Waals surface area contributed by atoms with Crippen LogP contribution in [-0.4, -0.2) is 13.1 Å². The molecule has 0 aliphatic carbocycles. The summed E-state index contributed by atoms with van der Waals surface area (Å²) in [5.74, 6) is 1.62. The lowest BCUT2D eigenvalue weighted by Crippen LogP contribution is -2.34. The van der Waals surface area contributed by atoms with Crippen LogP contribution in [0.25, 0.3) is 0 Å². The van der Waals surface area contributed by atoms with Crippen molar-refractivity contribution in [3.8, 4) is 6.07 Å². The first-order valence-electron chi connectivity index (χ1n) is 6.16. The molecule has 4 heteroatoms. The largest absolute Gasteiger partial charge is 0.397 e. The maximum atomic E-state index is 8.91. The number of anilines is 2. The van der Waals surface area contributed by atoms with Crippen molar-refractivity contribution in [2.24, 2.45) is 11.8 Å². The molecule has 1 fully saturated rings. The molecule has 0 saturated carbocycles. The summed E-state index contributed by atoms with van der Waals surface area (Å²) in [5, 5.41) is 10.1. The van der Waals surface area contributed by atoms with E-state index in [4.69, 9.17) is 11.0 Å². The van der Waals surface area contributed by atoms with Crippen molar-refractivity contribution in [2.45, 2.75) is 26.7 Å². The number of nitrogen functional groups attached to an aromatic ring is 1. The zero-order valence-corrected chi connectivity index (χ0v) is 11.3. The van der Waals surface area contributed by atoms with Crippen molar-refractivity contribution in [1.29, 1.82) is 5.26 Å². The van der Waals surface area contributed by atoms with Gasteiger partial charge in [-0.05, 0) is 30.7 Å².